The fourth-order valence-corrected chi connectivity index (χ4v) is 3.08. The monoisotopic (exact) mass is 288 g/mol. The second-order valence-electron chi connectivity index (χ2n) is 6.03. The number of carbonyl (C=O) groups is 1. The number of nitrogens with one attached hydrogen (secondary N) is 2. The lowest BCUT2D eigenvalue weighted by atomic mass is 9.96. The van der Waals surface area contributed by atoms with E-state index in [2.05, 4.69) is 16.7 Å². The van der Waals surface area contributed by atoms with E-state index in [4.69, 9.17) is 0 Å². The molecule has 0 aliphatic heterocycles. The molecule has 1 saturated carbocycles. The summed E-state index contributed by atoms with van der Waals surface area (Å²) >= 11 is 0. The molecule has 0 radical (unpaired) electrons. The molecule has 0 aromatic heterocycles. The number of hydrogen-bond acceptors (Lipinski definition) is 2. The lowest BCUT2D eigenvalue weighted by Gasteiger charge is -2.21. The molecule has 0 saturated heterocycles. The summed E-state index contributed by atoms with van der Waals surface area (Å²) in [5, 5.41) is 6.41. The summed E-state index contributed by atoms with van der Waals surface area (Å²) in [5.74, 6) is 0.104. The standard InChI is InChI=1S/C18H28N2O/c1-19-14-13-15-9-7-8-12-17(15)18(21)20-16-10-5-3-2-4-6-11-16/h7-9,12,16,19H,2-6,10-11,13-14H2,1H3,(H,20,21). The minimum Gasteiger partial charge on any atom is -0.349 e. The van der Waals surface area contributed by atoms with Gasteiger partial charge in [0, 0.05) is 11.6 Å². The number of likely N-dealkylation sites (N-methyl/N-ethyl adjacent to an activating group) is 1. The molecule has 1 aliphatic rings. The van der Waals surface area contributed by atoms with Crippen LogP contribution >= 0.6 is 0 Å². The normalized spacial score (nSPS) is 17.0. The molecule has 0 unspecified atom stereocenters. The molecule has 0 bridgehead atoms. The van der Waals surface area contributed by atoms with Crippen molar-refractivity contribution in [2.24, 2.45) is 0 Å². The first-order valence-corrected chi connectivity index (χ1v) is 8.34. The Labute approximate surface area is 128 Å². The molecule has 3 heteroatoms. The van der Waals surface area contributed by atoms with E-state index in [1.807, 2.05) is 25.2 Å². The zero-order valence-corrected chi connectivity index (χ0v) is 13.2. The summed E-state index contributed by atoms with van der Waals surface area (Å²) in [6, 6.07) is 8.33. The number of hydrogen-bond donors (Lipinski definition) is 2. The van der Waals surface area contributed by atoms with Crippen LogP contribution in [-0.2, 0) is 6.42 Å². The van der Waals surface area contributed by atoms with Crippen LogP contribution in [0.4, 0.5) is 0 Å². The van der Waals surface area contributed by atoms with E-state index in [0.717, 1.165) is 36.9 Å². The first-order chi connectivity index (χ1) is 10.3. The van der Waals surface area contributed by atoms with Gasteiger partial charge in [0.05, 0.1) is 0 Å². The van der Waals surface area contributed by atoms with Crippen molar-refractivity contribution in [2.75, 3.05) is 13.6 Å². The first kappa shape index (κ1) is 16.0. The molecule has 0 heterocycles. The van der Waals surface area contributed by atoms with Gasteiger partial charge in [-0.3, -0.25) is 4.79 Å². The highest BCUT2D eigenvalue weighted by Gasteiger charge is 2.16. The largest absolute Gasteiger partial charge is 0.349 e. The van der Waals surface area contributed by atoms with Gasteiger partial charge in [0.25, 0.3) is 5.91 Å². The Morgan fingerprint density at radius 2 is 1.76 bits per heavy atom. The maximum atomic E-state index is 12.6. The molecule has 1 aromatic carbocycles. The summed E-state index contributed by atoms with van der Waals surface area (Å²) in [6.45, 7) is 0.897. The van der Waals surface area contributed by atoms with E-state index in [1.54, 1.807) is 0 Å². The number of amides is 1. The topological polar surface area (TPSA) is 41.1 Å². The molecule has 0 atom stereocenters. The summed E-state index contributed by atoms with van der Waals surface area (Å²) < 4.78 is 0. The molecule has 1 aromatic rings. The highest BCUT2D eigenvalue weighted by molar-refractivity contribution is 5.95. The van der Waals surface area contributed by atoms with Crippen molar-refractivity contribution in [1.29, 1.82) is 0 Å². The summed E-state index contributed by atoms with van der Waals surface area (Å²) in [7, 11) is 1.94. The maximum absolute atomic E-state index is 12.6. The van der Waals surface area contributed by atoms with Crippen molar-refractivity contribution in [2.45, 2.75) is 57.4 Å². The van der Waals surface area contributed by atoms with E-state index in [9.17, 15) is 4.79 Å². The molecule has 2 N–H and O–H groups in total. The molecule has 0 spiro atoms. The molecule has 1 amide bonds. The van der Waals surface area contributed by atoms with E-state index in [-0.39, 0.29) is 5.91 Å². The third kappa shape index (κ3) is 5.16. The van der Waals surface area contributed by atoms with Gasteiger partial charge in [-0.15, -0.1) is 0 Å². The van der Waals surface area contributed by atoms with Gasteiger partial charge in [0.1, 0.15) is 0 Å². The van der Waals surface area contributed by atoms with Gasteiger partial charge in [-0.25, -0.2) is 0 Å². The highest BCUT2D eigenvalue weighted by Crippen LogP contribution is 2.18. The Bertz CT molecular complexity index is 437. The van der Waals surface area contributed by atoms with Gasteiger partial charge in [-0.05, 0) is 44.5 Å². The fourth-order valence-electron chi connectivity index (χ4n) is 3.08. The molecule has 1 fully saturated rings. The van der Waals surface area contributed by atoms with E-state index >= 15 is 0 Å². The quantitative estimate of drug-likeness (QED) is 0.873. The lowest BCUT2D eigenvalue weighted by Crippen LogP contribution is -2.35. The maximum Gasteiger partial charge on any atom is 0.251 e. The van der Waals surface area contributed by atoms with Gasteiger partial charge in [-0.2, -0.15) is 0 Å². The van der Waals surface area contributed by atoms with Crippen molar-refractivity contribution in [3.05, 3.63) is 35.4 Å². The first-order valence-electron chi connectivity index (χ1n) is 8.34. The van der Waals surface area contributed by atoms with Gasteiger partial charge < -0.3 is 10.6 Å². The average Bonchev–Trinajstić information content (AvgIpc) is 2.48. The highest BCUT2D eigenvalue weighted by atomic mass is 16.1. The zero-order valence-electron chi connectivity index (χ0n) is 13.2. The molecule has 3 nitrogen and oxygen atoms in total. The lowest BCUT2D eigenvalue weighted by molar-refractivity contribution is 0.0929. The van der Waals surface area contributed by atoms with Crippen LogP contribution in [0.3, 0.4) is 0 Å². The van der Waals surface area contributed by atoms with Crippen LogP contribution in [0.15, 0.2) is 24.3 Å². The number of carbonyl (C=O) groups excluding carboxylic acids is 1. The van der Waals surface area contributed by atoms with Crippen LogP contribution in [0.1, 0.15) is 60.9 Å². The predicted molar refractivity (Wildman–Crippen MR) is 87.6 cm³/mol. The second kappa shape index (κ2) is 8.83. The van der Waals surface area contributed by atoms with Crippen LogP contribution in [-0.4, -0.2) is 25.5 Å². The Kier molecular flexibility index (Phi) is 6.74. The third-order valence-corrected chi connectivity index (χ3v) is 4.35. The SMILES string of the molecule is CNCCc1ccccc1C(=O)NC1CCCCCCC1. The number of rotatable bonds is 5. The van der Waals surface area contributed by atoms with Crippen molar-refractivity contribution in [3.63, 3.8) is 0 Å². The molecular weight excluding hydrogens is 260 g/mol. The molecule has 1 aliphatic carbocycles. The van der Waals surface area contributed by atoms with Crippen LogP contribution in [0, 0.1) is 0 Å². The molecule has 116 valence electrons. The van der Waals surface area contributed by atoms with Crippen LogP contribution < -0.4 is 10.6 Å². The smallest absolute Gasteiger partial charge is 0.251 e. The van der Waals surface area contributed by atoms with Crippen molar-refractivity contribution in [3.8, 4) is 0 Å². The molecule has 2 rings (SSSR count). The van der Waals surface area contributed by atoms with Crippen molar-refractivity contribution >= 4 is 5.91 Å². The Hall–Kier alpha value is -1.35. The van der Waals surface area contributed by atoms with E-state index in [1.165, 1.54) is 32.1 Å². The van der Waals surface area contributed by atoms with Crippen molar-refractivity contribution in [1.82, 2.24) is 10.6 Å². The Balaban J connectivity index is 1.98. The fraction of sp³-hybridized carbons (Fsp3) is 0.611. The number of benzene rings is 1. The van der Waals surface area contributed by atoms with Gasteiger partial charge in [0.2, 0.25) is 0 Å². The summed E-state index contributed by atoms with van der Waals surface area (Å²) in [4.78, 5) is 12.6. The second-order valence-corrected chi connectivity index (χ2v) is 6.03. The van der Waals surface area contributed by atoms with Crippen LogP contribution in [0.25, 0.3) is 0 Å². The van der Waals surface area contributed by atoms with Gasteiger partial charge >= 0.3 is 0 Å². The Morgan fingerprint density at radius 3 is 2.48 bits per heavy atom. The average molecular weight is 288 g/mol. The minimum atomic E-state index is 0.104. The molecule has 21 heavy (non-hydrogen) atoms. The Morgan fingerprint density at radius 1 is 1.10 bits per heavy atom. The molecular formula is C18H28N2O. The summed E-state index contributed by atoms with van der Waals surface area (Å²) in [5.41, 5.74) is 1.98. The van der Waals surface area contributed by atoms with E-state index < -0.39 is 0 Å². The summed E-state index contributed by atoms with van der Waals surface area (Å²) in [6.07, 6.45) is 9.61. The van der Waals surface area contributed by atoms with Crippen LogP contribution in [0.2, 0.25) is 0 Å². The van der Waals surface area contributed by atoms with Crippen molar-refractivity contribution < 1.29 is 4.79 Å². The van der Waals surface area contributed by atoms with Gasteiger partial charge in [0.15, 0.2) is 0 Å². The zero-order chi connectivity index (χ0) is 14.9. The minimum absolute atomic E-state index is 0.104. The third-order valence-electron chi connectivity index (χ3n) is 4.35. The van der Waals surface area contributed by atoms with Crippen LogP contribution in [0.5, 0.6) is 0 Å². The van der Waals surface area contributed by atoms with E-state index in [0.29, 0.717) is 6.04 Å². The predicted octanol–water partition coefficient (Wildman–Crippen LogP) is 3.29. The van der Waals surface area contributed by atoms with Gasteiger partial charge in [-0.1, -0.05) is 50.3 Å².